The summed E-state index contributed by atoms with van der Waals surface area (Å²) in [7, 11) is 0. The van der Waals surface area contributed by atoms with Crippen LogP contribution < -0.4 is 10.7 Å². The lowest BCUT2D eigenvalue weighted by Crippen LogP contribution is -2.42. The van der Waals surface area contributed by atoms with Crippen molar-refractivity contribution in [3.63, 3.8) is 0 Å². The molecule has 0 unspecified atom stereocenters. The lowest BCUT2D eigenvalue weighted by atomic mass is 10.2. The molecular weight excluding hydrogens is 399 g/mol. The van der Waals surface area contributed by atoms with E-state index >= 15 is 0 Å². The van der Waals surface area contributed by atoms with Crippen molar-refractivity contribution in [3.05, 3.63) is 51.3 Å². The number of halogens is 2. The third kappa shape index (κ3) is 4.39. The molecule has 2 N–H and O–H groups in total. The zero-order valence-electron chi connectivity index (χ0n) is 15.8. The zero-order chi connectivity index (χ0) is 20.3. The van der Waals surface area contributed by atoms with Crippen molar-refractivity contribution in [3.8, 4) is 5.69 Å². The number of carbonyl (C=O) groups excluding carboxylic acids is 2. The molecule has 0 saturated heterocycles. The molecule has 0 spiro atoms. The highest BCUT2D eigenvalue weighted by Gasteiger charge is 2.21. The summed E-state index contributed by atoms with van der Waals surface area (Å²) < 4.78 is 1.96. The van der Waals surface area contributed by atoms with Gasteiger partial charge in [-0.2, -0.15) is 5.10 Å². The molecule has 1 aromatic heterocycles. The summed E-state index contributed by atoms with van der Waals surface area (Å²) in [6, 6.07) is 7.45. The van der Waals surface area contributed by atoms with E-state index in [9.17, 15) is 9.59 Å². The van der Waals surface area contributed by atoms with Crippen molar-refractivity contribution < 1.29 is 9.59 Å². The van der Waals surface area contributed by atoms with E-state index in [4.69, 9.17) is 23.2 Å². The standard InChI is InChI=1S/C20H22Cl2N4O2/c1-12-10-14(13(2)26(12)17-9-5-8-16(21)18(17)22)11-23-25-20(28)19(27)24-15-6-3-4-7-15/h5,8-11,15H,3-4,6-7H2,1-2H3,(H,24,27)(H,25,28)/b23-11-. The molecule has 1 fully saturated rings. The van der Waals surface area contributed by atoms with Crippen LogP contribution in [0.4, 0.5) is 0 Å². The van der Waals surface area contributed by atoms with Crippen LogP contribution in [0.3, 0.4) is 0 Å². The molecule has 28 heavy (non-hydrogen) atoms. The van der Waals surface area contributed by atoms with E-state index in [0.717, 1.165) is 48.3 Å². The maximum atomic E-state index is 11.9. The molecule has 8 heteroatoms. The van der Waals surface area contributed by atoms with E-state index in [0.29, 0.717) is 10.0 Å². The van der Waals surface area contributed by atoms with Gasteiger partial charge < -0.3 is 9.88 Å². The largest absolute Gasteiger partial charge is 0.345 e. The molecule has 6 nitrogen and oxygen atoms in total. The first kappa shape index (κ1) is 20.4. The van der Waals surface area contributed by atoms with Crippen molar-refractivity contribution >= 4 is 41.2 Å². The lowest BCUT2D eigenvalue weighted by Gasteiger charge is -2.12. The highest BCUT2D eigenvalue weighted by atomic mass is 35.5. The predicted molar refractivity (Wildman–Crippen MR) is 111 cm³/mol. The van der Waals surface area contributed by atoms with E-state index in [1.165, 1.54) is 6.21 Å². The van der Waals surface area contributed by atoms with Crippen molar-refractivity contribution in [2.45, 2.75) is 45.6 Å². The number of hydrazone groups is 1. The molecule has 2 amide bonds. The summed E-state index contributed by atoms with van der Waals surface area (Å²) in [5.74, 6) is -1.42. The van der Waals surface area contributed by atoms with Gasteiger partial charge in [-0.25, -0.2) is 5.43 Å². The number of aromatic nitrogens is 1. The number of nitrogens with one attached hydrogen (secondary N) is 2. The van der Waals surface area contributed by atoms with Crippen LogP contribution in [0.25, 0.3) is 5.69 Å². The van der Waals surface area contributed by atoms with Gasteiger partial charge in [0.25, 0.3) is 0 Å². The monoisotopic (exact) mass is 420 g/mol. The maximum Gasteiger partial charge on any atom is 0.329 e. The van der Waals surface area contributed by atoms with Gasteiger partial charge in [-0.1, -0.05) is 42.1 Å². The van der Waals surface area contributed by atoms with Gasteiger partial charge in [-0.05, 0) is 44.9 Å². The van der Waals surface area contributed by atoms with Crippen LogP contribution >= 0.6 is 23.2 Å². The Hall–Kier alpha value is -2.31. The van der Waals surface area contributed by atoms with Crippen molar-refractivity contribution in [1.82, 2.24) is 15.3 Å². The van der Waals surface area contributed by atoms with Gasteiger partial charge in [0.15, 0.2) is 0 Å². The van der Waals surface area contributed by atoms with Gasteiger partial charge in [-0.3, -0.25) is 9.59 Å². The van der Waals surface area contributed by atoms with Gasteiger partial charge in [0.1, 0.15) is 0 Å². The molecule has 0 atom stereocenters. The first-order valence-electron chi connectivity index (χ1n) is 9.15. The highest BCUT2D eigenvalue weighted by molar-refractivity contribution is 6.43. The molecule has 0 radical (unpaired) electrons. The Balaban J connectivity index is 1.70. The van der Waals surface area contributed by atoms with Crippen LogP contribution in [0, 0.1) is 13.8 Å². The summed E-state index contributed by atoms with van der Waals surface area (Å²) in [5.41, 5.74) is 5.67. The number of hydrogen-bond acceptors (Lipinski definition) is 3. The molecule has 3 rings (SSSR count). The van der Waals surface area contributed by atoms with Crippen LogP contribution in [-0.2, 0) is 9.59 Å². The first-order valence-corrected chi connectivity index (χ1v) is 9.91. The van der Waals surface area contributed by atoms with Crippen LogP contribution in [0.2, 0.25) is 10.0 Å². The Morgan fingerprint density at radius 1 is 1.18 bits per heavy atom. The minimum Gasteiger partial charge on any atom is -0.345 e. The number of carbonyl (C=O) groups is 2. The van der Waals surface area contributed by atoms with Crippen molar-refractivity contribution in [1.29, 1.82) is 0 Å². The molecule has 0 aliphatic heterocycles. The zero-order valence-corrected chi connectivity index (χ0v) is 17.3. The van der Waals surface area contributed by atoms with E-state index in [2.05, 4.69) is 15.8 Å². The first-order chi connectivity index (χ1) is 13.4. The number of amides is 2. The van der Waals surface area contributed by atoms with Crippen LogP contribution in [0.1, 0.15) is 42.6 Å². The molecule has 1 saturated carbocycles. The fourth-order valence-electron chi connectivity index (χ4n) is 3.49. The molecule has 2 aromatic rings. The molecule has 1 aliphatic carbocycles. The van der Waals surface area contributed by atoms with Crippen LogP contribution in [-0.4, -0.2) is 28.6 Å². The molecular formula is C20H22Cl2N4O2. The summed E-state index contributed by atoms with van der Waals surface area (Å²) in [5, 5.41) is 7.60. The average Bonchev–Trinajstić information content (AvgIpc) is 3.26. The number of benzene rings is 1. The number of nitrogens with zero attached hydrogens (tertiary/aromatic N) is 2. The molecule has 1 aliphatic rings. The molecule has 148 valence electrons. The van der Waals surface area contributed by atoms with E-state index < -0.39 is 11.8 Å². The van der Waals surface area contributed by atoms with Crippen molar-refractivity contribution in [2.75, 3.05) is 0 Å². The summed E-state index contributed by atoms with van der Waals surface area (Å²) >= 11 is 12.5. The van der Waals surface area contributed by atoms with Crippen LogP contribution in [0.15, 0.2) is 29.4 Å². The SMILES string of the molecule is Cc1cc(/C=N\NC(=O)C(=O)NC2CCCC2)c(C)n1-c1cccc(Cl)c1Cl. The van der Waals surface area contributed by atoms with Gasteiger partial charge in [0.2, 0.25) is 0 Å². The number of rotatable bonds is 4. The minimum atomic E-state index is -0.769. The Morgan fingerprint density at radius 3 is 2.61 bits per heavy atom. The quantitative estimate of drug-likeness (QED) is 0.446. The fraction of sp³-hybridized carbons (Fsp3) is 0.350. The summed E-state index contributed by atoms with van der Waals surface area (Å²) in [6.45, 7) is 3.86. The van der Waals surface area contributed by atoms with Gasteiger partial charge in [0, 0.05) is 23.0 Å². The third-order valence-corrected chi connectivity index (χ3v) is 5.72. The molecule has 1 aromatic carbocycles. The predicted octanol–water partition coefficient (Wildman–Crippen LogP) is 3.91. The van der Waals surface area contributed by atoms with E-state index in [-0.39, 0.29) is 6.04 Å². The van der Waals surface area contributed by atoms with Gasteiger partial charge in [0.05, 0.1) is 21.9 Å². The van der Waals surface area contributed by atoms with Gasteiger partial charge >= 0.3 is 11.8 Å². The Labute approximate surface area is 173 Å². The maximum absolute atomic E-state index is 11.9. The second-order valence-electron chi connectivity index (χ2n) is 6.89. The highest BCUT2D eigenvalue weighted by Crippen LogP contribution is 2.31. The smallest absolute Gasteiger partial charge is 0.329 e. The van der Waals surface area contributed by atoms with E-state index in [1.807, 2.05) is 36.6 Å². The molecule has 1 heterocycles. The van der Waals surface area contributed by atoms with Gasteiger partial charge in [-0.15, -0.1) is 0 Å². The Bertz CT molecular complexity index is 931. The van der Waals surface area contributed by atoms with Crippen LogP contribution in [0.5, 0.6) is 0 Å². The lowest BCUT2D eigenvalue weighted by molar-refractivity contribution is -0.139. The van der Waals surface area contributed by atoms with E-state index in [1.54, 1.807) is 6.07 Å². The normalized spacial score (nSPS) is 14.6. The third-order valence-electron chi connectivity index (χ3n) is 4.91. The Morgan fingerprint density at radius 2 is 1.89 bits per heavy atom. The fourth-order valence-corrected chi connectivity index (χ4v) is 3.87. The minimum absolute atomic E-state index is 0.0867. The topological polar surface area (TPSA) is 75.5 Å². The summed E-state index contributed by atoms with van der Waals surface area (Å²) in [6.07, 6.45) is 5.51. The Kier molecular flexibility index (Phi) is 6.42. The second kappa shape index (κ2) is 8.80. The second-order valence-corrected chi connectivity index (χ2v) is 7.67. The number of aryl methyl sites for hydroxylation is 1. The average molecular weight is 421 g/mol. The number of hydrogen-bond donors (Lipinski definition) is 2. The van der Waals surface area contributed by atoms with Crippen molar-refractivity contribution in [2.24, 2.45) is 5.10 Å². The molecule has 0 bridgehead atoms. The summed E-state index contributed by atoms with van der Waals surface area (Å²) in [4.78, 5) is 23.8.